The predicted octanol–water partition coefficient (Wildman–Crippen LogP) is 1.32. The average molecular weight is 413 g/mol. The van der Waals surface area contributed by atoms with Crippen LogP contribution in [0, 0.1) is 0 Å². The molecule has 8 heteroatoms. The van der Waals surface area contributed by atoms with Gasteiger partial charge in [-0.05, 0) is 19.9 Å². The van der Waals surface area contributed by atoms with E-state index in [1.165, 1.54) is 0 Å². The predicted molar refractivity (Wildman–Crippen MR) is 110 cm³/mol. The van der Waals surface area contributed by atoms with E-state index in [1.54, 1.807) is 20.6 Å². The van der Waals surface area contributed by atoms with Gasteiger partial charge < -0.3 is 23.8 Å². The van der Waals surface area contributed by atoms with E-state index < -0.39 is 11.7 Å². The number of fused-ring (bicyclic) bond motifs is 1. The number of hydrogen-bond acceptors (Lipinski definition) is 5. The molecule has 2 amide bonds. The van der Waals surface area contributed by atoms with Crippen LogP contribution in [0.5, 0.6) is 0 Å². The summed E-state index contributed by atoms with van der Waals surface area (Å²) in [6, 6.07) is 7.37. The number of nitrogens with zero attached hydrogens (tertiary/aromatic N) is 3. The maximum atomic E-state index is 13.1. The van der Waals surface area contributed by atoms with Gasteiger partial charge in [0.05, 0.1) is 31.0 Å². The van der Waals surface area contributed by atoms with Gasteiger partial charge in [0.2, 0.25) is 5.91 Å². The molecule has 1 aromatic carbocycles. The van der Waals surface area contributed by atoms with Gasteiger partial charge in [-0.25, -0.2) is 0 Å². The van der Waals surface area contributed by atoms with Crippen LogP contribution in [0.3, 0.4) is 0 Å². The van der Waals surface area contributed by atoms with Crippen molar-refractivity contribution in [1.82, 2.24) is 14.4 Å². The van der Waals surface area contributed by atoms with Gasteiger partial charge in [0.25, 0.3) is 11.7 Å². The van der Waals surface area contributed by atoms with Crippen molar-refractivity contribution in [3.8, 4) is 0 Å². The van der Waals surface area contributed by atoms with Crippen LogP contribution in [0.1, 0.15) is 24.2 Å². The molecular formula is C22H27N3O5. The van der Waals surface area contributed by atoms with E-state index in [-0.39, 0.29) is 24.7 Å². The third-order valence-electron chi connectivity index (χ3n) is 5.60. The molecule has 3 heterocycles. The van der Waals surface area contributed by atoms with E-state index in [9.17, 15) is 14.4 Å². The first-order valence-electron chi connectivity index (χ1n) is 10.4. The zero-order valence-corrected chi connectivity index (χ0v) is 17.4. The number of hydrogen-bond donors (Lipinski definition) is 0. The Morgan fingerprint density at radius 3 is 2.37 bits per heavy atom. The van der Waals surface area contributed by atoms with Crippen molar-refractivity contribution in [3.05, 3.63) is 36.0 Å². The van der Waals surface area contributed by atoms with Crippen molar-refractivity contribution in [2.24, 2.45) is 0 Å². The van der Waals surface area contributed by atoms with Crippen molar-refractivity contribution < 1.29 is 23.9 Å². The largest absolute Gasteiger partial charge is 0.378 e. The Morgan fingerprint density at radius 2 is 1.67 bits per heavy atom. The van der Waals surface area contributed by atoms with Gasteiger partial charge in [-0.1, -0.05) is 18.2 Å². The number of para-hydroxylation sites is 1. The highest BCUT2D eigenvalue weighted by molar-refractivity contribution is 6.44. The second kappa shape index (κ2) is 8.57. The summed E-state index contributed by atoms with van der Waals surface area (Å²) in [7, 11) is 0. The van der Waals surface area contributed by atoms with Gasteiger partial charge in [0.1, 0.15) is 6.54 Å². The fraction of sp³-hybridized carbons (Fsp3) is 0.500. The third kappa shape index (κ3) is 4.11. The van der Waals surface area contributed by atoms with E-state index in [1.807, 2.05) is 38.1 Å². The van der Waals surface area contributed by atoms with Crippen molar-refractivity contribution in [2.45, 2.75) is 32.6 Å². The van der Waals surface area contributed by atoms with Crippen LogP contribution in [-0.2, 0) is 25.6 Å². The van der Waals surface area contributed by atoms with E-state index in [0.29, 0.717) is 50.3 Å². The normalized spacial score (nSPS) is 22.3. The molecule has 0 spiro atoms. The molecular weight excluding hydrogens is 386 g/mol. The minimum atomic E-state index is -0.551. The second-order valence-electron chi connectivity index (χ2n) is 7.98. The van der Waals surface area contributed by atoms with Gasteiger partial charge in [-0.2, -0.15) is 0 Å². The molecule has 4 rings (SSSR count). The molecule has 2 aliphatic rings. The van der Waals surface area contributed by atoms with E-state index >= 15 is 0 Å². The van der Waals surface area contributed by atoms with Gasteiger partial charge in [-0.3, -0.25) is 14.4 Å². The fourth-order valence-corrected chi connectivity index (χ4v) is 4.22. The molecule has 2 atom stereocenters. The van der Waals surface area contributed by atoms with Gasteiger partial charge in [-0.15, -0.1) is 0 Å². The Bertz CT molecular complexity index is 953. The lowest BCUT2D eigenvalue weighted by atomic mass is 10.1. The monoisotopic (exact) mass is 413 g/mol. The smallest absolute Gasteiger partial charge is 0.295 e. The first-order chi connectivity index (χ1) is 14.4. The molecule has 2 aliphatic heterocycles. The zero-order chi connectivity index (χ0) is 21.3. The molecule has 0 bridgehead atoms. The lowest BCUT2D eigenvalue weighted by molar-refractivity contribution is -0.138. The second-order valence-corrected chi connectivity index (χ2v) is 7.98. The highest BCUT2D eigenvalue weighted by atomic mass is 16.5. The van der Waals surface area contributed by atoms with Crippen LogP contribution in [0.15, 0.2) is 30.5 Å². The van der Waals surface area contributed by atoms with Crippen molar-refractivity contribution in [3.63, 3.8) is 0 Å². The number of morpholine rings is 2. The fourth-order valence-electron chi connectivity index (χ4n) is 4.22. The summed E-state index contributed by atoms with van der Waals surface area (Å²) < 4.78 is 12.7. The Hall–Kier alpha value is -2.71. The quantitative estimate of drug-likeness (QED) is 0.558. The molecule has 2 fully saturated rings. The number of carbonyl (C=O) groups excluding carboxylic acids is 3. The number of Topliss-reactive ketones (excluding diaryl/α,β-unsaturated/α-hetero) is 1. The Labute approximate surface area is 175 Å². The number of amides is 2. The van der Waals surface area contributed by atoms with Crippen LogP contribution < -0.4 is 0 Å². The van der Waals surface area contributed by atoms with E-state index in [2.05, 4.69) is 0 Å². The number of carbonyl (C=O) groups is 3. The first kappa shape index (κ1) is 20.6. The summed E-state index contributed by atoms with van der Waals surface area (Å²) in [5, 5.41) is 0.681. The molecule has 2 aromatic rings. The van der Waals surface area contributed by atoms with Crippen LogP contribution in [0.2, 0.25) is 0 Å². The highest BCUT2D eigenvalue weighted by Gasteiger charge is 2.32. The maximum Gasteiger partial charge on any atom is 0.295 e. The number of rotatable bonds is 4. The summed E-state index contributed by atoms with van der Waals surface area (Å²) in [4.78, 5) is 42.1. The Kier molecular flexibility index (Phi) is 5.87. The van der Waals surface area contributed by atoms with Crippen LogP contribution in [-0.4, -0.2) is 83.6 Å². The van der Waals surface area contributed by atoms with Crippen LogP contribution in [0.25, 0.3) is 10.9 Å². The SMILES string of the molecule is C[C@H]1CN(C(=O)C(=O)c2cn(CC(=O)N3CCOCC3)c3ccccc23)C[C@H](C)O1. The minimum absolute atomic E-state index is 0.0276. The Balaban J connectivity index is 1.59. The Morgan fingerprint density at radius 1 is 1.00 bits per heavy atom. The van der Waals surface area contributed by atoms with Gasteiger partial charge in [0.15, 0.2) is 0 Å². The van der Waals surface area contributed by atoms with Crippen molar-refractivity contribution >= 4 is 28.5 Å². The van der Waals surface area contributed by atoms with Crippen LogP contribution in [0.4, 0.5) is 0 Å². The summed E-state index contributed by atoms with van der Waals surface area (Å²) in [5.41, 5.74) is 1.09. The topological polar surface area (TPSA) is 81.1 Å². The van der Waals surface area contributed by atoms with E-state index in [4.69, 9.17) is 9.47 Å². The number of aromatic nitrogens is 1. The molecule has 30 heavy (non-hydrogen) atoms. The summed E-state index contributed by atoms with van der Waals surface area (Å²) in [5.74, 6) is -1.11. The molecule has 8 nitrogen and oxygen atoms in total. The number of ether oxygens (including phenoxy) is 2. The standard InChI is InChI=1S/C22H27N3O5/c1-15-11-25(12-16(2)30-15)22(28)21(27)18-13-24(19-6-4-3-5-17(18)19)14-20(26)23-7-9-29-10-8-23/h3-6,13,15-16H,7-12,14H2,1-2H3/t15-,16-/m0/s1. The summed E-state index contributed by atoms with van der Waals surface area (Å²) in [6.07, 6.45) is 1.41. The highest BCUT2D eigenvalue weighted by Crippen LogP contribution is 2.23. The first-order valence-corrected chi connectivity index (χ1v) is 10.4. The van der Waals surface area contributed by atoms with E-state index in [0.717, 1.165) is 5.52 Å². The van der Waals surface area contributed by atoms with Crippen LogP contribution >= 0.6 is 0 Å². The molecule has 0 N–H and O–H groups in total. The molecule has 0 unspecified atom stereocenters. The van der Waals surface area contributed by atoms with Gasteiger partial charge >= 0.3 is 0 Å². The lowest BCUT2D eigenvalue weighted by Gasteiger charge is -2.34. The summed E-state index contributed by atoms with van der Waals surface area (Å²) >= 11 is 0. The molecule has 160 valence electrons. The molecule has 1 aromatic heterocycles. The summed E-state index contributed by atoms with van der Waals surface area (Å²) in [6.45, 7) is 6.89. The number of ketones is 1. The molecule has 0 aliphatic carbocycles. The maximum absolute atomic E-state index is 13.1. The van der Waals surface area contributed by atoms with Crippen molar-refractivity contribution in [1.29, 1.82) is 0 Å². The molecule has 2 saturated heterocycles. The minimum Gasteiger partial charge on any atom is -0.378 e. The number of benzene rings is 1. The third-order valence-corrected chi connectivity index (χ3v) is 5.60. The lowest BCUT2D eigenvalue weighted by Crippen LogP contribution is -2.50. The zero-order valence-electron chi connectivity index (χ0n) is 17.4. The van der Waals surface area contributed by atoms with Crippen molar-refractivity contribution in [2.75, 3.05) is 39.4 Å². The molecule has 0 saturated carbocycles. The average Bonchev–Trinajstić information content (AvgIpc) is 3.11. The molecule has 0 radical (unpaired) electrons. The van der Waals surface area contributed by atoms with Gasteiger partial charge in [0, 0.05) is 43.3 Å².